The van der Waals surface area contributed by atoms with Crippen molar-refractivity contribution in [2.75, 3.05) is 19.8 Å². The van der Waals surface area contributed by atoms with Crippen LogP contribution < -0.4 is 5.32 Å². The fourth-order valence-corrected chi connectivity index (χ4v) is 1.74. The van der Waals surface area contributed by atoms with E-state index in [4.69, 9.17) is 0 Å². The number of rotatable bonds is 7. The van der Waals surface area contributed by atoms with Crippen LogP contribution in [0.2, 0.25) is 0 Å². The third-order valence-corrected chi connectivity index (χ3v) is 2.45. The summed E-state index contributed by atoms with van der Waals surface area (Å²) in [7, 11) is 0. The molecule has 0 saturated carbocycles. The molecular weight excluding hydrogens is 262 g/mol. The second kappa shape index (κ2) is 7.45. The Balaban J connectivity index is 2.48. The van der Waals surface area contributed by atoms with Gasteiger partial charge < -0.3 is 10.1 Å². The maximum absolute atomic E-state index is 13.0. The molecule has 1 unspecified atom stereocenters. The molecular formula is C13H17F4NO. The molecule has 19 heavy (non-hydrogen) atoms. The number of benzene rings is 1. The zero-order valence-corrected chi connectivity index (χ0v) is 10.6. The maximum Gasteiger partial charge on any atom is 0.411 e. The minimum absolute atomic E-state index is 0.0656. The van der Waals surface area contributed by atoms with Crippen LogP contribution in [0.25, 0.3) is 0 Å². The Hall–Kier alpha value is -1.14. The maximum atomic E-state index is 13.0. The molecule has 1 N–H and O–H groups in total. The number of ether oxygens (including phenoxy) is 1. The first kappa shape index (κ1) is 15.9. The van der Waals surface area contributed by atoms with Gasteiger partial charge in [-0.25, -0.2) is 4.39 Å². The molecule has 0 radical (unpaired) electrons. The number of likely N-dealkylation sites (N-methyl/N-ethyl adjacent to an activating group) is 1. The first-order chi connectivity index (χ1) is 8.90. The van der Waals surface area contributed by atoms with Crippen LogP contribution >= 0.6 is 0 Å². The number of halogens is 4. The van der Waals surface area contributed by atoms with Crippen molar-refractivity contribution in [2.45, 2.75) is 25.6 Å². The molecule has 1 aromatic rings. The van der Waals surface area contributed by atoms with E-state index in [1.165, 1.54) is 12.1 Å². The summed E-state index contributed by atoms with van der Waals surface area (Å²) in [4.78, 5) is 0. The molecule has 0 amide bonds. The third kappa shape index (κ3) is 7.12. The monoisotopic (exact) mass is 279 g/mol. The topological polar surface area (TPSA) is 21.3 Å². The van der Waals surface area contributed by atoms with E-state index in [1.54, 1.807) is 12.1 Å². The molecule has 2 nitrogen and oxygen atoms in total. The molecule has 0 aliphatic rings. The van der Waals surface area contributed by atoms with Gasteiger partial charge in [0.1, 0.15) is 12.4 Å². The van der Waals surface area contributed by atoms with Gasteiger partial charge in [-0.15, -0.1) is 0 Å². The lowest BCUT2D eigenvalue weighted by Crippen LogP contribution is -2.36. The fraction of sp³-hybridized carbons (Fsp3) is 0.538. The predicted molar refractivity (Wildman–Crippen MR) is 64.4 cm³/mol. The smallest absolute Gasteiger partial charge is 0.370 e. The van der Waals surface area contributed by atoms with E-state index in [2.05, 4.69) is 10.1 Å². The van der Waals surface area contributed by atoms with E-state index in [-0.39, 0.29) is 18.5 Å². The van der Waals surface area contributed by atoms with Crippen molar-refractivity contribution >= 4 is 0 Å². The van der Waals surface area contributed by atoms with Gasteiger partial charge in [0, 0.05) is 6.04 Å². The Morgan fingerprint density at radius 3 is 2.63 bits per heavy atom. The van der Waals surface area contributed by atoms with Gasteiger partial charge in [0.05, 0.1) is 6.61 Å². The largest absolute Gasteiger partial charge is 0.411 e. The highest BCUT2D eigenvalue weighted by Crippen LogP contribution is 2.15. The molecule has 0 aliphatic heterocycles. The molecule has 108 valence electrons. The summed E-state index contributed by atoms with van der Waals surface area (Å²) >= 11 is 0. The Labute approximate surface area is 109 Å². The van der Waals surface area contributed by atoms with Gasteiger partial charge in [0.2, 0.25) is 0 Å². The first-order valence-corrected chi connectivity index (χ1v) is 6.03. The lowest BCUT2D eigenvalue weighted by molar-refractivity contribution is -0.175. The lowest BCUT2D eigenvalue weighted by Gasteiger charge is -2.18. The molecule has 1 aromatic carbocycles. The highest BCUT2D eigenvalue weighted by molar-refractivity contribution is 5.17. The molecule has 6 heteroatoms. The molecule has 0 saturated heterocycles. The first-order valence-electron chi connectivity index (χ1n) is 6.03. The van der Waals surface area contributed by atoms with Crippen molar-refractivity contribution in [3.8, 4) is 0 Å². The number of alkyl halides is 3. The SMILES string of the molecule is CCNC(COCC(F)(F)F)Cc1cccc(F)c1. The van der Waals surface area contributed by atoms with Gasteiger partial charge in [0.15, 0.2) is 0 Å². The van der Waals surface area contributed by atoms with Crippen LogP contribution in [-0.2, 0) is 11.2 Å². The Kier molecular flexibility index (Phi) is 6.24. The Morgan fingerprint density at radius 2 is 2.05 bits per heavy atom. The zero-order valence-electron chi connectivity index (χ0n) is 10.6. The van der Waals surface area contributed by atoms with Crippen molar-refractivity contribution in [1.29, 1.82) is 0 Å². The van der Waals surface area contributed by atoms with Crippen LogP contribution in [0.15, 0.2) is 24.3 Å². The average Bonchev–Trinajstić information content (AvgIpc) is 2.27. The highest BCUT2D eigenvalue weighted by atomic mass is 19.4. The average molecular weight is 279 g/mol. The summed E-state index contributed by atoms with van der Waals surface area (Å²) in [5.41, 5.74) is 0.724. The van der Waals surface area contributed by atoms with E-state index in [0.29, 0.717) is 13.0 Å². The normalized spacial score (nSPS) is 13.5. The molecule has 0 aliphatic carbocycles. The van der Waals surface area contributed by atoms with Crippen LogP contribution in [-0.4, -0.2) is 32.0 Å². The minimum Gasteiger partial charge on any atom is -0.370 e. The predicted octanol–water partition coefficient (Wildman–Crippen LogP) is 2.93. The van der Waals surface area contributed by atoms with Gasteiger partial charge in [0.25, 0.3) is 0 Å². The Morgan fingerprint density at radius 1 is 1.32 bits per heavy atom. The van der Waals surface area contributed by atoms with Crippen molar-refractivity contribution in [3.05, 3.63) is 35.6 Å². The van der Waals surface area contributed by atoms with Gasteiger partial charge in [-0.1, -0.05) is 19.1 Å². The van der Waals surface area contributed by atoms with Crippen LogP contribution in [0.3, 0.4) is 0 Å². The van der Waals surface area contributed by atoms with E-state index in [0.717, 1.165) is 5.56 Å². The van der Waals surface area contributed by atoms with Crippen LogP contribution in [0, 0.1) is 5.82 Å². The van der Waals surface area contributed by atoms with Crippen molar-refractivity contribution in [1.82, 2.24) is 5.32 Å². The quantitative estimate of drug-likeness (QED) is 0.775. The molecule has 1 atom stereocenters. The highest BCUT2D eigenvalue weighted by Gasteiger charge is 2.27. The summed E-state index contributed by atoms with van der Waals surface area (Å²) in [6.07, 6.45) is -3.90. The van der Waals surface area contributed by atoms with Gasteiger partial charge in [-0.05, 0) is 30.7 Å². The van der Waals surface area contributed by atoms with E-state index in [9.17, 15) is 17.6 Å². The summed E-state index contributed by atoms with van der Waals surface area (Å²) in [6.45, 7) is 1.12. The molecule has 0 heterocycles. The fourth-order valence-electron chi connectivity index (χ4n) is 1.74. The standard InChI is InChI=1S/C13H17F4NO/c1-2-18-12(8-19-9-13(15,16)17)7-10-4-3-5-11(14)6-10/h3-6,12,18H,2,7-9H2,1H3. The van der Waals surface area contributed by atoms with Crippen LogP contribution in [0.5, 0.6) is 0 Å². The Bertz CT molecular complexity index is 381. The van der Waals surface area contributed by atoms with Gasteiger partial charge in [-0.3, -0.25) is 0 Å². The van der Waals surface area contributed by atoms with Crippen LogP contribution in [0.4, 0.5) is 17.6 Å². The molecule has 0 spiro atoms. The molecule has 0 fully saturated rings. The number of hydrogen-bond acceptors (Lipinski definition) is 2. The second-order valence-corrected chi connectivity index (χ2v) is 4.22. The summed E-state index contributed by atoms with van der Waals surface area (Å²) in [6, 6.07) is 5.73. The van der Waals surface area contributed by atoms with Gasteiger partial charge in [-0.2, -0.15) is 13.2 Å². The minimum atomic E-state index is -4.32. The summed E-state index contributed by atoms with van der Waals surface area (Å²) in [5, 5.41) is 3.02. The van der Waals surface area contributed by atoms with E-state index >= 15 is 0 Å². The van der Waals surface area contributed by atoms with Crippen LogP contribution in [0.1, 0.15) is 12.5 Å². The summed E-state index contributed by atoms with van der Waals surface area (Å²) < 4.78 is 53.6. The van der Waals surface area contributed by atoms with E-state index in [1.807, 2.05) is 6.92 Å². The molecule has 1 rings (SSSR count). The molecule has 0 aromatic heterocycles. The third-order valence-electron chi connectivity index (χ3n) is 2.45. The van der Waals surface area contributed by atoms with Crippen molar-refractivity contribution in [3.63, 3.8) is 0 Å². The second-order valence-electron chi connectivity index (χ2n) is 4.22. The summed E-state index contributed by atoms with van der Waals surface area (Å²) in [5.74, 6) is -0.357. The van der Waals surface area contributed by atoms with Crippen molar-refractivity contribution in [2.24, 2.45) is 0 Å². The number of nitrogens with one attached hydrogen (secondary N) is 1. The van der Waals surface area contributed by atoms with Crippen molar-refractivity contribution < 1.29 is 22.3 Å². The lowest BCUT2D eigenvalue weighted by atomic mass is 10.1. The van der Waals surface area contributed by atoms with Gasteiger partial charge >= 0.3 is 6.18 Å². The molecule has 0 bridgehead atoms. The zero-order chi connectivity index (χ0) is 14.3. The number of hydrogen-bond donors (Lipinski definition) is 1. The van der Waals surface area contributed by atoms with E-state index < -0.39 is 12.8 Å².